The number of hydrogen-bond acceptors (Lipinski definition) is 3. The molecule has 0 aromatic heterocycles. The average molecular weight is 286 g/mol. The first-order valence-corrected chi connectivity index (χ1v) is 7.17. The minimum atomic E-state index is -1.85. The van der Waals surface area contributed by atoms with Gasteiger partial charge in [-0.3, -0.25) is 4.79 Å². The topological polar surface area (TPSA) is 58.6 Å². The van der Waals surface area contributed by atoms with Crippen LogP contribution < -0.4 is 5.32 Å². The number of nitrogens with zero attached hydrogens (tertiary/aromatic N) is 1. The summed E-state index contributed by atoms with van der Waals surface area (Å²) >= 11 is 0. The van der Waals surface area contributed by atoms with Crippen LogP contribution in [0.15, 0.2) is 0 Å². The fourth-order valence-electron chi connectivity index (χ4n) is 2.14. The maximum absolute atomic E-state index is 14.5. The molecule has 0 radical (unpaired) electrons. The van der Waals surface area contributed by atoms with Gasteiger partial charge in [-0.05, 0) is 33.6 Å². The van der Waals surface area contributed by atoms with Crippen molar-refractivity contribution in [2.24, 2.45) is 0 Å². The minimum Gasteiger partial charge on any atom is -0.444 e. The summed E-state index contributed by atoms with van der Waals surface area (Å²) < 4.78 is 19.8. The van der Waals surface area contributed by atoms with E-state index in [1.54, 1.807) is 20.8 Å². The zero-order valence-corrected chi connectivity index (χ0v) is 12.4. The molecule has 1 heterocycles. The first-order valence-electron chi connectivity index (χ1n) is 7.17. The van der Waals surface area contributed by atoms with Gasteiger partial charge >= 0.3 is 6.09 Å². The third-order valence-corrected chi connectivity index (χ3v) is 3.53. The second-order valence-electron chi connectivity index (χ2n) is 6.68. The number of amides is 2. The Labute approximate surface area is 118 Å². The van der Waals surface area contributed by atoms with Crippen LogP contribution in [0.5, 0.6) is 0 Å². The van der Waals surface area contributed by atoms with Crippen molar-refractivity contribution in [3.05, 3.63) is 0 Å². The molecule has 2 aliphatic rings. The lowest BCUT2D eigenvalue weighted by molar-refractivity contribution is -0.136. The Bertz CT molecular complexity index is 394. The molecule has 2 fully saturated rings. The number of nitrogens with one attached hydrogen (secondary N) is 1. The molecule has 1 saturated heterocycles. The molecule has 20 heavy (non-hydrogen) atoms. The number of hydrogen-bond donors (Lipinski definition) is 1. The molecule has 0 unspecified atom stereocenters. The van der Waals surface area contributed by atoms with E-state index < -0.39 is 23.3 Å². The van der Waals surface area contributed by atoms with Crippen LogP contribution in [0.2, 0.25) is 0 Å². The highest BCUT2D eigenvalue weighted by molar-refractivity contribution is 5.86. The van der Waals surface area contributed by atoms with E-state index in [9.17, 15) is 14.0 Å². The Morgan fingerprint density at radius 3 is 2.25 bits per heavy atom. The minimum absolute atomic E-state index is 0.0325. The lowest BCUT2D eigenvalue weighted by Crippen LogP contribution is -2.53. The zero-order valence-electron chi connectivity index (χ0n) is 12.4. The molecule has 2 amide bonds. The fourth-order valence-corrected chi connectivity index (χ4v) is 2.14. The Hall–Kier alpha value is -1.33. The highest BCUT2D eigenvalue weighted by atomic mass is 19.1. The third kappa shape index (κ3) is 3.84. The molecule has 6 heteroatoms. The Morgan fingerprint density at radius 1 is 1.25 bits per heavy atom. The number of rotatable bonds is 2. The monoisotopic (exact) mass is 286 g/mol. The van der Waals surface area contributed by atoms with Crippen molar-refractivity contribution in [2.45, 2.75) is 63.8 Å². The van der Waals surface area contributed by atoms with Crippen LogP contribution in [-0.2, 0) is 9.53 Å². The van der Waals surface area contributed by atoms with Crippen molar-refractivity contribution >= 4 is 12.0 Å². The van der Waals surface area contributed by atoms with Gasteiger partial charge in [-0.25, -0.2) is 9.18 Å². The van der Waals surface area contributed by atoms with Crippen LogP contribution in [0.1, 0.15) is 46.5 Å². The van der Waals surface area contributed by atoms with E-state index in [1.807, 2.05) is 0 Å². The first kappa shape index (κ1) is 15.1. The molecular formula is C14H23FN2O3. The summed E-state index contributed by atoms with van der Waals surface area (Å²) in [4.78, 5) is 25.2. The molecule has 114 valence electrons. The second-order valence-corrected chi connectivity index (χ2v) is 6.68. The number of halogens is 1. The standard InChI is InChI=1S/C14H23FN2O3/c1-13(2,3)20-12(19)17-8-6-14(15,7-9-17)11(18)16-10-4-5-10/h10H,4-9H2,1-3H3,(H,16,18). The molecule has 1 aliphatic heterocycles. The molecule has 0 bridgehead atoms. The number of carbonyl (C=O) groups excluding carboxylic acids is 2. The van der Waals surface area contributed by atoms with Gasteiger partial charge in [0, 0.05) is 32.0 Å². The van der Waals surface area contributed by atoms with Gasteiger partial charge in [0.15, 0.2) is 5.67 Å². The maximum Gasteiger partial charge on any atom is 0.410 e. The van der Waals surface area contributed by atoms with Crippen molar-refractivity contribution in [3.63, 3.8) is 0 Å². The fraction of sp³-hybridized carbons (Fsp3) is 0.857. The molecule has 5 nitrogen and oxygen atoms in total. The molecule has 0 aromatic rings. The molecule has 1 N–H and O–H groups in total. The van der Waals surface area contributed by atoms with Crippen molar-refractivity contribution in [2.75, 3.05) is 13.1 Å². The van der Waals surface area contributed by atoms with Gasteiger partial charge in [0.25, 0.3) is 5.91 Å². The lowest BCUT2D eigenvalue weighted by Gasteiger charge is -2.36. The first-order chi connectivity index (χ1) is 9.20. The average Bonchev–Trinajstić information content (AvgIpc) is 3.11. The summed E-state index contributed by atoms with van der Waals surface area (Å²) in [5, 5.41) is 2.70. The number of alkyl halides is 1. The van der Waals surface area contributed by atoms with Crippen molar-refractivity contribution in [1.29, 1.82) is 0 Å². The van der Waals surface area contributed by atoms with E-state index in [-0.39, 0.29) is 32.0 Å². The van der Waals surface area contributed by atoms with E-state index in [2.05, 4.69) is 5.32 Å². The van der Waals surface area contributed by atoms with Gasteiger partial charge in [0.1, 0.15) is 5.60 Å². The van der Waals surface area contributed by atoms with Gasteiger partial charge in [0.2, 0.25) is 0 Å². The molecule has 1 aliphatic carbocycles. The predicted octanol–water partition coefficient (Wildman–Crippen LogP) is 2.00. The molecular weight excluding hydrogens is 263 g/mol. The highest BCUT2D eigenvalue weighted by Gasteiger charge is 2.44. The van der Waals surface area contributed by atoms with Crippen LogP contribution in [0.25, 0.3) is 0 Å². The van der Waals surface area contributed by atoms with E-state index >= 15 is 0 Å². The summed E-state index contributed by atoms with van der Waals surface area (Å²) in [5.41, 5.74) is -2.41. The molecule has 0 spiro atoms. The largest absolute Gasteiger partial charge is 0.444 e. The summed E-state index contributed by atoms with van der Waals surface area (Å²) in [7, 11) is 0. The van der Waals surface area contributed by atoms with Crippen LogP contribution in [-0.4, -0.2) is 47.3 Å². The number of ether oxygens (including phenoxy) is 1. The molecule has 0 aromatic carbocycles. The smallest absolute Gasteiger partial charge is 0.410 e. The van der Waals surface area contributed by atoms with E-state index in [4.69, 9.17) is 4.74 Å². The van der Waals surface area contributed by atoms with E-state index in [0.29, 0.717) is 0 Å². The molecule has 0 atom stereocenters. The third-order valence-electron chi connectivity index (χ3n) is 3.53. The number of carbonyl (C=O) groups is 2. The second kappa shape index (κ2) is 5.22. The van der Waals surface area contributed by atoms with Crippen LogP contribution in [0.3, 0.4) is 0 Å². The van der Waals surface area contributed by atoms with Crippen LogP contribution in [0, 0.1) is 0 Å². The van der Waals surface area contributed by atoms with Crippen LogP contribution in [0.4, 0.5) is 9.18 Å². The van der Waals surface area contributed by atoms with Gasteiger partial charge in [-0.2, -0.15) is 0 Å². The van der Waals surface area contributed by atoms with E-state index in [1.165, 1.54) is 4.90 Å². The summed E-state index contributed by atoms with van der Waals surface area (Å²) in [6, 6.07) is 0.152. The number of piperidine rings is 1. The molecule has 1 saturated carbocycles. The van der Waals surface area contributed by atoms with E-state index in [0.717, 1.165) is 12.8 Å². The van der Waals surface area contributed by atoms with Gasteiger partial charge < -0.3 is 15.0 Å². The van der Waals surface area contributed by atoms with Gasteiger partial charge in [0.05, 0.1) is 0 Å². The normalized spacial score (nSPS) is 22.3. The quantitative estimate of drug-likeness (QED) is 0.844. The van der Waals surface area contributed by atoms with Gasteiger partial charge in [-0.1, -0.05) is 0 Å². The summed E-state index contributed by atoms with van der Waals surface area (Å²) in [5.74, 6) is -0.524. The van der Waals surface area contributed by atoms with Crippen molar-refractivity contribution in [3.8, 4) is 0 Å². The SMILES string of the molecule is CC(C)(C)OC(=O)N1CCC(F)(C(=O)NC2CC2)CC1. The maximum atomic E-state index is 14.5. The van der Waals surface area contributed by atoms with Crippen molar-refractivity contribution < 1.29 is 18.7 Å². The number of likely N-dealkylation sites (tertiary alicyclic amines) is 1. The predicted molar refractivity (Wildman–Crippen MR) is 72.0 cm³/mol. The highest BCUT2D eigenvalue weighted by Crippen LogP contribution is 2.29. The summed E-state index contributed by atoms with van der Waals surface area (Å²) in [6.45, 7) is 5.79. The zero-order chi connectivity index (χ0) is 15.0. The molecule has 2 rings (SSSR count). The van der Waals surface area contributed by atoms with Crippen molar-refractivity contribution in [1.82, 2.24) is 10.2 Å². The van der Waals surface area contributed by atoms with Crippen LogP contribution >= 0.6 is 0 Å². The lowest BCUT2D eigenvalue weighted by atomic mass is 9.92. The summed E-state index contributed by atoms with van der Waals surface area (Å²) in [6.07, 6.45) is 1.50. The Morgan fingerprint density at radius 2 is 1.80 bits per heavy atom. The Balaban J connectivity index is 1.84. The van der Waals surface area contributed by atoms with Gasteiger partial charge in [-0.15, -0.1) is 0 Å². The Kier molecular flexibility index (Phi) is 3.93.